The molecular formula is C15H28N4. The molecule has 1 heterocycles. The number of aromatic nitrogens is 2. The van der Waals surface area contributed by atoms with E-state index >= 15 is 0 Å². The van der Waals surface area contributed by atoms with Crippen molar-refractivity contribution in [3.05, 3.63) is 11.9 Å². The molecule has 0 atom stereocenters. The van der Waals surface area contributed by atoms with Gasteiger partial charge in [-0.15, -0.1) is 0 Å². The lowest BCUT2D eigenvalue weighted by molar-refractivity contribution is 0.606. The second-order valence-electron chi connectivity index (χ2n) is 5.54. The van der Waals surface area contributed by atoms with E-state index in [1.165, 1.54) is 12.8 Å². The Bertz CT molecular complexity index is 376. The maximum Gasteiger partial charge on any atom is 0.134 e. The van der Waals surface area contributed by atoms with Crippen molar-refractivity contribution in [3.63, 3.8) is 0 Å². The Kier molecular flexibility index (Phi) is 6.60. The first kappa shape index (κ1) is 15.7. The molecule has 0 saturated carbocycles. The predicted molar refractivity (Wildman–Crippen MR) is 82.9 cm³/mol. The summed E-state index contributed by atoms with van der Waals surface area (Å²) in [5.41, 5.74) is 0. The maximum absolute atomic E-state index is 4.50. The van der Waals surface area contributed by atoms with Gasteiger partial charge in [-0.05, 0) is 25.7 Å². The van der Waals surface area contributed by atoms with Gasteiger partial charge >= 0.3 is 0 Å². The Morgan fingerprint density at radius 3 is 2.68 bits per heavy atom. The van der Waals surface area contributed by atoms with Gasteiger partial charge in [0.15, 0.2) is 0 Å². The van der Waals surface area contributed by atoms with Crippen LogP contribution in [0.25, 0.3) is 0 Å². The zero-order valence-corrected chi connectivity index (χ0v) is 13.0. The Labute approximate surface area is 117 Å². The van der Waals surface area contributed by atoms with Gasteiger partial charge in [0.2, 0.25) is 0 Å². The standard InChI is InChI=1S/C15H28N4/c1-6-7-10-19(5)15-11-14(17-13(4)18-15)16-9-8-12(2)3/h11-12H,6-10H2,1-5H3,(H,16,17,18). The van der Waals surface area contributed by atoms with E-state index in [1.807, 2.05) is 13.0 Å². The van der Waals surface area contributed by atoms with Crippen LogP contribution < -0.4 is 10.2 Å². The van der Waals surface area contributed by atoms with Crippen LogP contribution in [0, 0.1) is 12.8 Å². The van der Waals surface area contributed by atoms with Crippen molar-refractivity contribution in [1.29, 1.82) is 0 Å². The maximum atomic E-state index is 4.50. The first-order valence-corrected chi connectivity index (χ1v) is 7.33. The van der Waals surface area contributed by atoms with Crippen LogP contribution in [0.3, 0.4) is 0 Å². The van der Waals surface area contributed by atoms with E-state index in [1.54, 1.807) is 0 Å². The van der Waals surface area contributed by atoms with Crippen LogP contribution in [0.15, 0.2) is 6.07 Å². The summed E-state index contributed by atoms with van der Waals surface area (Å²) < 4.78 is 0. The Morgan fingerprint density at radius 2 is 2.05 bits per heavy atom. The summed E-state index contributed by atoms with van der Waals surface area (Å²) in [4.78, 5) is 11.1. The summed E-state index contributed by atoms with van der Waals surface area (Å²) in [7, 11) is 2.09. The summed E-state index contributed by atoms with van der Waals surface area (Å²) >= 11 is 0. The van der Waals surface area contributed by atoms with Crippen molar-refractivity contribution in [2.75, 3.05) is 30.4 Å². The molecule has 0 bridgehead atoms. The molecular weight excluding hydrogens is 236 g/mol. The Morgan fingerprint density at radius 1 is 1.32 bits per heavy atom. The van der Waals surface area contributed by atoms with Crippen LogP contribution in [-0.2, 0) is 0 Å². The third kappa shape index (κ3) is 5.90. The molecule has 108 valence electrons. The van der Waals surface area contributed by atoms with Crippen molar-refractivity contribution >= 4 is 11.6 Å². The lowest BCUT2D eigenvalue weighted by Gasteiger charge is -2.19. The minimum Gasteiger partial charge on any atom is -0.370 e. The minimum absolute atomic E-state index is 0.710. The second-order valence-corrected chi connectivity index (χ2v) is 5.54. The fraction of sp³-hybridized carbons (Fsp3) is 0.733. The van der Waals surface area contributed by atoms with Crippen LogP contribution in [0.1, 0.15) is 45.9 Å². The number of nitrogens with zero attached hydrogens (tertiary/aromatic N) is 3. The molecule has 1 aromatic rings. The quantitative estimate of drug-likeness (QED) is 0.780. The van der Waals surface area contributed by atoms with Gasteiger partial charge in [-0.1, -0.05) is 27.2 Å². The van der Waals surface area contributed by atoms with Crippen molar-refractivity contribution in [3.8, 4) is 0 Å². The molecule has 4 nitrogen and oxygen atoms in total. The third-order valence-electron chi connectivity index (χ3n) is 3.09. The number of nitrogens with one attached hydrogen (secondary N) is 1. The highest BCUT2D eigenvalue weighted by atomic mass is 15.2. The molecule has 0 radical (unpaired) electrons. The zero-order chi connectivity index (χ0) is 14.3. The summed E-state index contributed by atoms with van der Waals surface area (Å²) in [6.45, 7) is 10.6. The lowest BCUT2D eigenvalue weighted by Crippen LogP contribution is -2.20. The van der Waals surface area contributed by atoms with E-state index in [2.05, 4.69) is 48.0 Å². The van der Waals surface area contributed by atoms with Crippen LogP contribution in [0.2, 0.25) is 0 Å². The average molecular weight is 264 g/mol. The van der Waals surface area contributed by atoms with E-state index in [0.29, 0.717) is 5.92 Å². The number of unbranched alkanes of at least 4 members (excludes halogenated alkanes) is 1. The van der Waals surface area contributed by atoms with Crippen molar-refractivity contribution in [1.82, 2.24) is 9.97 Å². The molecule has 1 rings (SSSR count). The molecule has 1 aromatic heterocycles. The van der Waals surface area contributed by atoms with E-state index in [9.17, 15) is 0 Å². The van der Waals surface area contributed by atoms with Gasteiger partial charge < -0.3 is 10.2 Å². The van der Waals surface area contributed by atoms with Crippen molar-refractivity contribution in [2.24, 2.45) is 5.92 Å². The molecule has 4 heteroatoms. The molecule has 0 saturated heterocycles. The van der Waals surface area contributed by atoms with E-state index < -0.39 is 0 Å². The van der Waals surface area contributed by atoms with E-state index in [4.69, 9.17) is 0 Å². The number of hydrogen-bond donors (Lipinski definition) is 1. The van der Waals surface area contributed by atoms with Gasteiger partial charge in [0.05, 0.1) is 0 Å². The number of anilines is 2. The molecule has 0 aliphatic heterocycles. The first-order valence-electron chi connectivity index (χ1n) is 7.33. The highest BCUT2D eigenvalue weighted by molar-refractivity contribution is 5.48. The van der Waals surface area contributed by atoms with Crippen LogP contribution in [-0.4, -0.2) is 30.1 Å². The van der Waals surface area contributed by atoms with Crippen molar-refractivity contribution in [2.45, 2.75) is 47.0 Å². The summed E-state index contributed by atoms with van der Waals surface area (Å²) in [5.74, 6) is 3.48. The summed E-state index contributed by atoms with van der Waals surface area (Å²) in [6, 6.07) is 2.04. The van der Waals surface area contributed by atoms with E-state index in [-0.39, 0.29) is 0 Å². The van der Waals surface area contributed by atoms with Gasteiger partial charge in [-0.3, -0.25) is 0 Å². The van der Waals surface area contributed by atoms with Crippen LogP contribution >= 0.6 is 0 Å². The summed E-state index contributed by atoms with van der Waals surface area (Å²) in [5, 5.41) is 3.39. The van der Waals surface area contributed by atoms with Gasteiger partial charge in [0.1, 0.15) is 17.5 Å². The molecule has 0 unspecified atom stereocenters. The molecule has 0 aliphatic carbocycles. The summed E-state index contributed by atoms with van der Waals surface area (Å²) in [6.07, 6.45) is 3.55. The van der Waals surface area contributed by atoms with Crippen molar-refractivity contribution < 1.29 is 0 Å². The Balaban J connectivity index is 2.65. The molecule has 0 aromatic carbocycles. The normalized spacial score (nSPS) is 10.8. The molecule has 0 amide bonds. The highest BCUT2D eigenvalue weighted by Gasteiger charge is 2.06. The molecule has 19 heavy (non-hydrogen) atoms. The zero-order valence-electron chi connectivity index (χ0n) is 13.0. The number of rotatable bonds is 8. The van der Waals surface area contributed by atoms with Gasteiger partial charge in [0.25, 0.3) is 0 Å². The largest absolute Gasteiger partial charge is 0.370 e. The predicted octanol–water partition coefficient (Wildman–Crippen LogP) is 3.48. The Hall–Kier alpha value is -1.32. The average Bonchev–Trinajstić information content (AvgIpc) is 2.34. The van der Waals surface area contributed by atoms with Gasteiger partial charge in [-0.2, -0.15) is 0 Å². The first-order chi connectivity index (χ1) is 9.02. The molecule has 0 aliphatic rings. The fourth-order valence-electron chi connectivity index (χ4n) is 1.84. The third-order valence-corrected chi connectivity index (χ3v) is 3.09. The van der Waals surface area contributed by atoms with Gasteiger partial charge in [-0.25, -0.2) is 9.97 Å². The lowest BCUT2D eigenvalue weighted by atomic mass is 10.1. The molecule has 0 spiro atoms. The number of aryl methyl sites for hydroxylation is 1. The van der Waals surface area contributed by atoms with Gasteiger partial charge in [0, 0.05) is 26.2 Å². The second kappa shape index (κ2) is 7.97. The number of hydrogen-bond acceptors (Lipinski definition) is 4. The fourth-order valence-corrected chi connectivity index (χ4v) is 1.84. The van der Waals surface area contributed by atoms with Crippen LogP contribution in [0.4, 0.5) is 11.6 Å². The monoisotopic (exact) mass is 264 g/mol. The molecule has 0 fully saturated rings. The SMILES string of the molecule is CCCCN(C)c1cc(NCCC(C)C)nc(C)n1. The topological polar surface area (TPSA) is 41.0 Å². The smallest absolute Gasteiger partial charge is 0.134 e. The van der Waals surface area contributed by atoms with Crippen LogP contribution in [0.5, 0.6) is 0 Å². The molecule has 1 N–H and O–H groups in total. The van der Waals surface area contributed by atoms with E-state index in [0.717, 1.165) is 37.0 Å². The minimum atomic E-state index is 0.710. The highest BCUT2D eigenvalue weighted by Crippen LogP contribution is 2.15.